The lowest BCUT2D eigenvalue weighted by molar-refractivity contribution is 0.673. The number of rotatable bonds is 6. The lowest BCUT2D eigenvalue weighted by Gasteiger charge is -2.10. The second-order valence-corrected chi connectivity index (χ2v) is 10.5. The number of fused-ring (bicyclic) bond motifs is 7. The van der Waals surface area contributed by atoms with Crippen LogP contribution in [0.15, 0.2) is 151 Å². The number of para-hydroxylation sites is 2. The lowest BCUT2D eigenvalue weighted by Crippen LogP contribution is -2.00. The molecule has 0 saturated carbocycles. The smallest absolute Gasteiger partial charge is 0.164 e. The summed E-state index contributed by atoms with van der Waals surface area (Å²) in [5.74, 6) is 1.83. The minimum atomic E-state index is 0.587. The average molecular weight is 567 g/mol. The van der Waals surface area contributed by atoms with Gasteiger partial charge in [0.05, 0.1) is 16.4 Å². The molecule has 0 aliphatic heterocycles. The summed E-state index contributed by atoms with van der Waals surface area (Å²) in [5, 5.41) is 4.53. The van der Waals surface area contributed by atoms with Gasteiger partial charge in [-0.25, -0.2) is 15.0 Å². The maximum Gasteiger partial charge on any atom is 0.164 e. The molecule has 44 heavy (non-hydrogen) atoms. The molecule has 0 fully saturated rings. The number of hydrogen-bond donors (Lipinski definition) is 0. The number of nitrogens with zero attached hydrogens (tertiary/aromatic N) is 4. The molecule has 8 aromatic rings. The SMILES string of the molecule is C=C/C=C\C=C\c1nc(-c2ccccc2)nc(-c2ccc(-n3c4ccccc4c4c5oc6ccccc6c5ccc43)cc2)n1. The van der Waals surface area contributed by atoms with Gasteiger partial charge in [-0.2, -0.15) is 0 Å². The summed E-state index contributed by atoms with van der Waals surface area (Å²) in [5.41, 5.74) is 6.91. The van der Waals surface area contributed by atoms with Crippen LogP contribution in [0.5, 0.6) is 0 Å². The maximum atomic E-state index is 6.45. The molecule has 5 heteroatoms. The Morgan fingerprint density at radius 3 is 2.07 bits per heavy atom. The van der Waals surface area contributed by atoms with Crippen LogP contribution in [0.1, 0.15) is 5.82 Å². The Morgan fingerprint density at radius 1 is 0.568 bits per heavy atom. The van der Waals surface area contributed by atoms with Gasteiger partial charge in [0.15, 0.2) is 17.5 Å². The van der Waals surface area contributed by atoms with Crippen LogP contribution in [0.2, 0.25) is 0 Å². The third-order valence-electron chi connectivity index (χ3n) is 7.85. The highest BCUT2D eigenvalue weighted by Crippen LogP contribution is 2.40. The molecule has 0 N–H and O–H groups in total. The lowest BCUT2D eigenvalue weighted by atomic mass is 10.1. The fourth-order valence-electron chi connectivity index (χ4n) is 5.87. The highest BCUT2D eigenvalue weighted by atomic mass is 16.3. The number of allylic oxidation sites excluding steroid dienone is 4. The molecule has 0 amide bonds. The summed E-state index contributed by atoms with van der Waals surface area (Å²) in [6, 6.07) is 39.5. The van der Waals surface area contributed by atoms with E-state index < -0.39 is 0 Å². The average Bonchev–Trinajstić information content (AvgIpc) is 3.63. The van der Waals surface area contributed by atoms with Gasteiger partial charge < -0.3 is 8.98 Å². The molecular formula is C39H26N4O. The van der Waals surface area contributed by atoms with Crippen molar-refractivity contribution in [1.29, 1.82) is 0 Å². The largest absolute Gasteiger partial charge is 0.455 e. The van der Waals surface area contributed by atoms with E-state index in [9.17, 15) is 0 Å². The van der Waals surface area contributed by atoms with Crippen LogP contribution in [0, 0.1) is 0 Å². The van der Waals surface area contributed by atoms with Crippen LogP contribution in [0.3, 0.4) is 0 Å². The van der Waals surface area contributed by atoms with Crippen LogP contribution in [0.4, 0.5) is 0 Å². The molecule has 0 unspecified atom stereocenters. The summed E-state index contributed by atoms with van der Waals surface area (Å²) in [6.07, 6.45) is 9.28. The second kappa shape index (κ2) is 10.6. The Balaban J connectivity index is 1.27. The van der Waals surface area contributed by atoms with Gasteiger partial charge in [0.1, 0.15) is 11.2 Å². The number of hydrogen-bond acceptors (Lipinski definition) is 4. The summed E-state index contributed by atoms with van der Waals surface area (Å²) >= 11 is 0. The van der Waals surface area contributed by atoms with E-state index in [1.807, 2.05) is 66.8 Å². The van der Waals surface area contributed by atoms with Gasteiger partial charge in [0, 0.05) is 33.0 Å². The van der Waals surface area contributed by atoms with E-state index in [2.05, 4.69) is 83.9 Å². The monoisotopic (exact) mass is 566 g/mol. The van der Waals surface area contributed by atoms with E-state index in [0.29, 0.717) is 17.5 Å². The van der Waals surface area contributed by atoms with Crippen LogP contribution < -0.4 is 0 Å². The Kier molecular flexibility index (Phi) is 6.20. The highest BCUT2D eigenvalue weighted by Gasteiger charge is 2.18. The fourth-order valence-corrected chi connectivity index (χ4v) is 5.87. The first-order valence-electron chi connectivity index (χ1n) is 14.5. The molecule has 5 nitrogen and oxygen atoms in total. The van der Waals surface area contributed by atoms with Crippen LogP contribution in [0.25, 0.3) is 78.3 Å². The van der Waals surface area contributed by atoms with Crippen molar-refractivity contribution in [3.05, 3.63) is 152 Å². The third-order valence-corrected chi connectivity index (χ3v) is 7.85. The Labute approximate surface area is 253 Å². The van der Waals surface area contributed by atoms with E-state index in [1.54, 1.807) is 6.08 Å². The Morgan fingerprint density at radius 2 is 1.27 bits per heavy atom. The number of furan rings is 1. The molecule has 0 saturated heterocycles. The molecule has 5 aromatic carbocycles. The summed E-state index contributed by atoms with van der Waals surface area (Å²) in [4.78, 5) is 14.4. The standard InChI is InChI=1S/C39H26N4O/c1-2-3-4-8-19-35-40-38(26-13-6-5-7-14-26)42-39(41-35)27-20-22-28(23-21-27)43-32-17-11-9-16-31(32)36-33(43)25-24-30-29-15-10-12-18-34(29)44-37(30)36/h2-25H,1H2/b4-3-,19-8+. The van der Waals surface area contributed by atoms with Crippen molar-refractivity contribution < 1.29 is 4.42 Å². The van der Waals surface area contributed by atoms with E-state index >= 15 is 0 Å². The van der Waals surface area contributed by atoms with E-state index in [0.717, 1.165) is 60.6 Å². The van der Waals surface area contributed by atoms with Crippen molar-refractivity contribution in [1.82, 2.24) is 19.5 Å². The molecular weight excluding hydrogens is 540 g/mol. The molecule has 3 heterocycles. The first kappa shape index (κ1) is 25.6. The molecule has 0 atom stereocenters. The van der Waals surface area contributed by atoms with Gasteiger partial charge in [0.2, 0.25) is 0 Å². The Bertz CT molecular complexity index is 2390. The minimum absolute atomic E-state index is 0.587. The van der Waals surface area contributed by atoms with E-state index in [-0.39, 0.29) is 0 Å². The van der Waals surface area contributed by atoms with Crippen LogP contribution >= 0.6 is 0 Å². The van der Waals surface area contributed by atoms with Gasteiger partial charge in [-0.05, 0) is 54.6 Å². The van der Waals surface area contributed by atoms with Crippen molar-refractivity contribution in [3.63, 3.8) is 0 Å². The van der Waals surface area contributed by atoms with E-state index in [1.165, 1.54) is 0 Å². The van der Waals surface area contributed by atoms with Crippen molar-refractivity contribution in [2.24, 2.45) is 0 Å². The zero-order valence-electron chi connectivity index (χ0n) is 23.8. The van der Waals surface area contributed by atoms with Gasteiger partial charge in [-0.3, -0.25) is 0 Å². The molecule has 3 aromatic heterocycles. The predicted molar refractivity (Wildman–Crippen MR) is 181 cm³/mol. The first-order chi connectivity index (χ1) is 21.8. The van der Waals surface area contributed by atoms with Crippen molar-refractivity contribution >= 4 is 49.8 Å². The normalized spacial score (nSPS) is 12.0. The van der Waals surface area contributed by atoms with Gasteiger partial charge in [-0.1, -0.05) is 97.6 Å². The Hall–Kier alpha value is -6.07. The van der Waals surface area contributed by atoms with Gasteiger partial charge >= 0.3 is 0 Å². The first-order valence-corrected chi connectivity index (χ1v) is 14.5. The number of aromatic nitrogens is 4. The van der Waals surface area contributed by atoms with Gasteiger partial charge in [0.25, 0.3) is 0 Å². The summed E-state index contributed by atoms with van der Waals surface area (Å²) in [6.45, 7) is 3.73. The van der Waals surface area contributed by atoms with Crippen LogP contribution in [-0.2, 0) is 0 Å². The molecule has 208 valence electrons. The second-order valence-electron chi connectivity index (χ2n) is 10.5. The van der Waals surface area contributed by atoms with Crippen molar-refractivity contribution in [2.45, 2.75) is 0 Å². The molecule has 0 aliphatic rings. The number of benzene rings is 5. The third kappa shape index (κ3) is 4.30. The maximum absolute atomic E-state index is 6.45. The fraction of sp³-hybridized carbons (Fsp3) is 0. The minimum Gasteiger partial charge on any atom is -0.455 e. The zero-order valence-corrected chi connectivity index (χ0v) is 23.8. The molecule has 0 aliphatic carbocycles. The van der Waals surface area contributed by atoms with E-state index in [4.69, 9.17) is 19.4 Å². The summed E-state index contributed by atoms with van der Waals surface area (Å²) < 4.78 is 8.75. The van der Waals surface area contributed by atoms with Crippen molar-refractivity contribution in [2.75, 3.05) is 0 Å². The highest BCUT2D eigenvalue weighted by molar-refractivity contribution is 6.23. The molecule has 0 bridgehead atoms. The molecule has 0 radical (unpaired) electrons. The van der Waals surface area contributed by atoms with Gasteiger partial charge in [-0.15, -0.1) is 0 Å². The molecule has 8 rings (SSSR count). The topological polar surface area (TPSA) is 56.7 Å². The zero-order chi connectivity index (χ0) is 29.5. The molecule has 0 spiro atoms. The van der Waals surface area contributed by atoms with Crippen LogP contribution in [-0.4, -0.2) is 19.5 Å². The van der Waals surface area contributed by atoms with Crippen molar-refractivity contribution in [3.8, 4) is 28.5 Å². The predicted octanol–water partition coefficient (Wildman–Crippen LogP) is 9.96. The summed E-state index contributed by atoms with van der Waals surface area (Å²) in [7, 11) is 0. The quantitative estimate of drug-likeness (QED) is 0.188.